The van der Waals surface area contributed by atoms with Gasteiger partial charge in [0.25, 0.3) is 5.56 Å². The fourth-order valence-corrected chi connectivity index (χ4v) is 5.95. The van der Waals surface area contributed by atoms with Crippen LogP contribution in [0.15, 0.2) is 33.9 Å². The summed E-state index contributed by atoms with van der Waals surface area (Å²) in [7, 11) is 0. The van der Waals surface area contributed by atoms with Gasteiger partial charge in [-0.05, 0) is 76.3 Å². The first-order valence-corrected chi connectivity index (χ1v) is 12.6. The molecule has 2 aromatic heterocycles. The second kappa shape index (κ2) is 9.95. The first-order valence-electron chi connectivity index (χ1n) is 11.8. The first-order chi connectivity index (χ1) is 16.0. The van der Waals surface area contributed by atoms with Crippen LogP contribution in [0.5, 0.6) is 5.75 Å². The molecule has 2 heterocycles. The van der Waals surface area contributed by atoms with E-state index in [2.05, 4.69) is 0 Å². The Balaban J connectivity index is 1.96. The highest BCUT2D eigenvalue weighted by Crippen LogP contribution is 2.33. The first kappa shape index (κ1) is 23.3. The topological polar surface area (TPSA) is 73.5 Å². The number of carbonyl (C=O) groups excluding carboxylic acids is 1. The maximum absolute atomic E-state index is 13.7. The molecule has 3 aromatic rings. The maximum atomic E-state index is 13.7. The van der Waals surface area contributed by atoms with Crippen LogP contribution in [0.3, 0.4) is 0 Å². The third-order valence-corrected chi connectivity index (χ3v) is 7.62. The molecule has 1 amide bonds. The number of fused-ring (bicyclic) bond motifs is 3. The summed E-state index contributed by atoms with van der Waals surface area (Å²) in [5, 5.41) is 0.595. The van der Waals surface area contributed by atoms with Gasteiger partial charge < -0.3 is 9.64 Å². The molecule has 0 radical (unpaired) electrons. The summed E-state index contributed by atoms with van der Waals surface area (Å²) in [6.45, 7) is 7.36. The van der Waals surface area contributed by atoms with Crippen LogP contribution in [-0.2, 0) is 24.2 Å². The fraction of sp³-hybridized carbons (Fsp3) is 0.480. The zero-order valence-corrected chi connectivity index (χ0v) is 20.4. The van der Waals surface area contributed by atoms with Gasteiger partial charge in [0.2, 0.25) is 5.91 Å². The average molecular weight is 470 g/mol. The summed E-state index contributed by atoms with van der Waals surface area (Å²) < 4.78 is 8.23. The smallest absolute Gasteiger partial charge is 0.337 e. The molecule has 0 atom stereocenters. The van der Waals surface area contributed by atoms with E-state index in [4.69, 9.17) is 4.74 Å². The van der Waals surface area contributed by atoms with E-state index in [-0.39, 0.29) is 18.0 Å². The van der Waals surface area contributed by atoms with Gasteiger partial charge in [0, 0.05) is 18.0 Å². The molecule has 0 saturated heterocycles. The van der Waals surface area contributed by atoms with Gasteiger partial charge in [0.15, 0.2) is 0 Å². The van der Waals surface area contributed by atoms with Crippen LogP contribution in [0.1, 0.15) is 50.5 Å². The highest BCUT2D eigenvalue weighted by molar-refractivity contribution is 7.18. The van der Waals surface area contributed by atoms with Gasteiger partial charge >= 0.3 is 5.69 Å². The molecule has 4 rings (SSSR count). The Kier molecular flexibility index (Phi) is 7.02. The van der Waals surface area contributed by atoms with E-state index in [0.29, 0.717) is 41.3 Å². The van der Waals surface area contributed by atoms with Crippen molar-refractivity contribution in [3.05, 3.63) is 55.5 Å². The summed E-state index contributed by atoms with van der Waals surface area (Å²) in [5.74, 6) is 0.556. The van der Waals surface area contributed by atoms with Crippen molar-refractivity contribution in [2.24, 2.45) is 0 Å². The molecule has 1 aliphatic carbocycles. The molecular formula is C25H31N3O4S. The molecule has 0 spiro atoms. The van der Waals surface area contributed by atoms with Gasteiger partial charge in [-0.15, -0.1) is 11.3 Å². The van der Waals surface area contributed by atoms with Gasteiger partial charge in [0.1, 0.15) is 17.1 Å². The minimum absolute atomic E-state index is 0.0757. The molecule has 8 heteroatoms. The third-order valence-electron chi connectivity index (χ3n) is 6.30. The van der Waals surface area contributed by atoms with E-state index < -0.39 is 5.69 Å². The molecule has 176 valence electrons. The number of likely N-dealkylation sites (N-methyl/N-ethyl adjacent to an activating group) is 1. The molecule has 0 fully saturated rings. The largest absolute Gasteiger partial charge is 0.494 e. The van der Waals surface area contributed by atoms with Gasteiger partial charge in [0.05, 0.1) is 17.7 Å². The Bertz CT molecular complexity index is 1270. The number of aryl methyl sites for hydroxylation is 2. The number of hydrogen-bond acceptors (Lipinski definition) is 5. The van der Waals surface area contributed by atoms with Crippen molar-refractivity contribution < 1.29 is 9.53 Å². The number of aromatic nitrogens is 2. The SMILES string of the molecule is CCOc1ccc(-n2c(=O)c3c4c(sc3n(CC(=O)N(CC)CC)c2=O)CCCCC4)cc1. The average Bonchev–Trinajstić information content (AvgIpc) is 3.01. The second-order valence-electron chi connectivity index (χ2n) is 8.25. The van der Waals surface area contributed by atoms with Gasteiger partial charge in [-0.2, -0.15) is 0 Å². The minimum atomic E-state index is -0.478. The van der Waals surface area contributed by atoms with E-state index in [1.54, 1.807) is 29.2 Å². The lowest BCUT2D eigenvalue weighted by molar-refractivity contribution is -0.131. The standard InChI is InChI=1S/C25H31N3O4S/c1-4-26(5-2)21(29)16-27-24-22(19-10-8-7-9-11-20(19)33-24)23(30)28(25(27)31)17-12-14-18(15-13-17)32-6-3/h12-15H,4-11,16H2,1-3H3. The van der Waals surface area contributed by atoms with Gasteiger partial charge in [-0.3, -0.25) is 14.2 Å². The van der Waals surface area contributed by atoms with E-state index in [1.165, 1.54) is 25.3 Å². The third kappa shape index (κ3) is 4.36. The van der Waals surface area contributed by atoms with Crippen LogP contribution < -0.4 is 16.0 Å². The molecule has 1 aromatic carbocycles. The van der Waals surface area contributed by atoms with Crippen LogP contribution in [0.4, 0.5) is 0 Å². The van der Waals surface area contributed by atoms with E-state index in [1.807, 2.05) is 20.8 Å². The number of hydrogen-bond donors (Lipinski definition) is 0. The maximum Gasteiger partial charge on any atom is 0.337 e. The highest BCUT2D eigenvalue weighted by atomic mass is 32.1. The summed E-state index contributed by atoms with van der Waals surface area (Å²) in [4.78, 5) is 43.9. The van der Waals surface area contributed by atoms with Crippen LogP contribution in [0.2, 0.25) is 0 Å². The predicted molar refractivity (Wildman–Crippen MR) is 132 cm³/mol. The Morgan fingerprint density at radius 3 is 2.39 bits per heavy atom. The fourth-order valence-electron chi connectivity index (χ4n) is 4.58. The normalized spacial score (nSPS) is 13.5. The van der Waals surface area contributed by atoms with Crippen molar-refractivity contribution in [2.45, 2.75) is 59.4 Å². The monoisotopic (exact) mass is 469 g/mol. The highest BCUT2D eigenvalue weighted by Gasteiger charge is 2.25. The van der Waals surface area contributed by atoms with Crippen molar-refractivity contribution >= 4 is 27.5 Å². The van der Waals surface area contributed by atoms with Crippen LogP contribution in [0.25, 0.3) is 15.9 Å². The number of benzene rings is 1. The number of thiophene rings is 1. The van der Waals surface area contributed by atoms with Crippen molar-refractivity contribution in [3.63, 3.8) is 0 Å². The lowest BCUT2D eigenvalue weighted by Crippen LogP contribution is -2.42. The van der Waals surface area contributed by atoms with Crippen LogP contribution in [-0.4, -0.2) is 39.6 Å². The van der Waals surface area contributed by atoms with E-state index in [0.717, 1.165) is 37.7 Å². The molecule has 33 heavy (non-hydrogen) atoms. The molecular weight excluding hydrogens is 438 g/mol. The quantitative estimate of drug-likeness (QED) is 0.494. The van der Waals surface area contributed by atoms with Gasteiger partial charge in [-0.1, -0.05) is 6.42 Å². The van der Waals surface area contributed by atoms with E-state index in [9.17, 15) is 14.4 Å². The van der Waals surface area contributed by atoms with Crippen molar-refractivity contribution in [1.29, 1.82) is 0 Å². The molecule has 1 aliphatic rings. The Morgan fingerprint density at radius 1 is 1.03 bits per heavy atom. The lowest BCUT2D eigenvalue weighted by Gasteiger charge is -2.20. The summed E-state index contributed by atoms with van der Waals surface area (Å²) in [6, 6.07) is 6.96. The van der Waals surface area contributed by atoms with Crippen LogP contribution >= 0.6 is 11.3 Å². The molecule has 0 saturated carbocycles. The molecule has 0 unspecified atom stereocenters. The number of ether oxygens (including phenoxy) is 1. The van der Waals surface area contributed by atoms with Crippen molar-refractivity contribution in [2.75, 3.05) is 19.7 Å². The van der Waals surface area contributed by atoms with Crippen LogP contribution in [0, 0.1) is 0 Å². The van der Waals surface area contributed by atoms with E-state index >= 15 is 0 Å². The zero-order chi connectivity index (χ0) is 23.5. The Morgan fingerprint density at radius 2 is 1.73 bits per heavy atom. The summed E-state index contributed by atoms with van der Waals surface area (Å²) in [6.07, 6.45) is 4.98. The summed E-state index contributed by atoms with van der Waals surface area (Å²) in [5.41, 5.74) is 0.757. The predicted octanol–water partition coefficient (Wildman–Crippen LogP) is 3.75. The number of carbonyl (C=O) groups is 1. The van der Waals surface area contributed by atoms with Crippen molar-refractivity contribution in [3.8, 4) is 11.4 Å². The lowest BCUT2D eigenvalue weighted by atomic mass is 10.1. The molecule has 0 aliphatic heterocycles. The Hall–Kier alpha value is -2.87. The Labute approximate surface area is 197 Å². The molecule has 0 bridgehead atoms. The number of nitrogens with zero attached hydrogens (tertiary/aromatic N) is 3. The zero-order valence-electron chi connectivity index (χ0n) is 19.6. The summed E-state index contributed by atoms with van der Waals surface area (Å²) >= 11 is 1.51. The number of rotatable bonds is 7. The molecule has 7 nitrogen and oxygen atoms in total. The molecule has 0 N–H and O–H groups in total. The number of amides is 1. The second-order valence-corrected chi connectivity index (χ2v) is 9.33. The minimum Gasteiger partial charge on any atom is -0.494 e. The van der Waals surface area contributed by atoms with Crippen molar-refractivity contribution in [1.82, 2.24) is 14.0 Å². The van der Waals surface area contributed by atoms with Gasteiger partial charge in [-0.25, -0.2) is 9.36 Å².